The summed E-state index contributed by atoms with van der Waals surface area (Å²) in [6.07, 6.45) is 1.80. The molecule has 3 aromatic rings. The minimum Gasteiger partial charge on any atom is -0.489 e. The molecule has 5 heteroatoms. The number of carbonyl (C=O) groups excluding carboxylic acids is 1. The molecular weight excluding hydrogens is 314 g/mol. The molecule has 0 fully saturated rings. The van der Waals surface area contributed by atoms with Gasteiger partial charge in [-0.25, -0.2) is 0 Å². The van der Waals surface area contributed by atoms with Gasteiger partial charge in [0.15, 0.2) is 0 Å². The zero-order valence-corrected chi connectivity index (χ0v) is 14.2. The van der Waals surface area contributed by atoms with E-state index in [4.69, 9.17) is 4.74 Å². The Labute approximate surface area is 147 Å². The SMILES string of the molecule is CCn1ccc(C(=O)NCc2ccc(OCc3ccccc3)cc2)n1. The van der Waals surface area contributed by atoms with Crippen LogP contribution in [-0.2, 0) is 19.7 Å². The molecule has 5 nitrogen and oxygen atoms in total. The third-order valence-electron chi connectivity index (χ3n) is 3.82. The number of benzene rings is 2. The monoisotopic (exact) mass is 335 g/mol. The number of nitrogens with zero attached hydrogens (tertiary/aromatic N) is 2. The average molecular weight is 335 g/mol. The Morgan fingerprint density at radius 2 is 1.80 bits per heavy atom. The van der Waals surface area contributed by atoms with Gasteiger partial charge >= 0.3 is 0 Å². The lowest BCUT2D eigenvalue weighted by atomic mass is 10.2. The van der Waals surface area contributed by atoms with Crippen molar-refractivity contribution < 1.29 is 9.53 Å². The Kier molecular flexibility index (Phi) is 5.46. The average Bonchev–Trinajstić information content (AvgIpc) is 3.15. The van der Waals surface area contributed by atoms with Crippen LogP contribution in [0.3, 0.4) is 0 Å². The van der Waals surface area contributed by atoms with Gasteiger partial charge in [-0.2, -0.15) is 5.10 Å². The number of nitrogens with one attached hydrogen (secondary N) is 1. The second kappa shape index (κ2) is 8.15. The number of amides is 1. The second-order valence-corrected chi connectivity index (χ2v) is 5.66. The van der Waals surface area contributed by atoms with Crippen LogP contribution in [-0.4, -0.2) is 15.7 Å². The predicted molar refractivity (Wildman–Crippen MR) is 96.3 cm³/mol. The quantitative estimate of drug-likeness (QED) is 0.720. The van der Waals surface area contributed by atoms with E-state index in [1.807, 2.05) is 61.5 Å². The molecule has 0 saturated carbocycles. The highest BCUT2D eigenvalue weighted by Gasteiger charge is 2.08. The predicted octanol–water partition coefficient (Wildman–Crippen LogP) is 3.41. The lowest BCUT2D eigenvalue weighted by Crippen LogP contribution is -2.23. The van der Waals surface area contributed by atoms with Crippen molar-refractivity contribution in [2.75, 3.05) is 0 Å². The molecular formula is C20H21N3O2. The van der Waals surface area contributed by atoms with E-state index in [2.05, 4.69) is 10.4 Å². The van der Waals surface area contributed by atoms with Crippen molar-refractivity contribution in [2.24, 2.45) is 0 Å². The molecule has 0 unspecified atom stereocenters. The minimum atomic E-state index is -0.170. The minimum absolute atomic E-state index is 0.170. The Morgan fingerprint density at radius 1 is 1.04 bits per heavy atom. The Hall–Kier alpha value is -3.08. The van der Waals surface area contributed by atoms with Crippen LogP contribution in [0.1, 0.15) is 28.5 Å². The maximum absolute atomic E-state index is 12.1. The Bertz CT molecular complexity index is 810. The van der Waals surface area contributed by atoms with E-state index >= 15 is 0 Å². The van der Waals surface area contributed by atoms with Crippen molar-refractivity contribution in [3.63, 3.8) is 0 Å². The van der Waals surface area contributed by atoms with Gasteiger partial charge in [-0.1, -0.05) is 42.5 Å². The summed E-state index contributed by atoms with van der Waals surface area (Å²) in [5.41, 5.74) is 2.57. The van der Waals surface area contributed by atoms with Crippen LogP contribution in [0.25, 0.3) is 0 Å². The molecule has 3 rings (SSSR count). The number of ether oxygens (including phenoxy) is 1. The van der Waals surface area contributed by atoms with E-state index < -0.39 is 0 Å². The van der Waals surface area contributed by atoms with Crippen molar-refractivity contribution in [1.82, 2.24) is 15.1 Å². The molecule has 128 valence electrons. The molecule has 25 heavy (non-hydrogen) atoms. The fourth-order valence-electron chi connectivity index (χ4n) is 2.38. The van der Waals surface area contributed by atoms with E-state index in [1.54, 1.807) is 16.9 Å². The highest BCUT2D eigenvalue weighted by Crippen LogP contribution is 2.14. The molecule has 1 amide bonds. The smallest absolute Gasteiger partial charge is 0.272 e. The third-order valence-corrected chi connectivity index (χ3v) is 3.82. The number of aromatic nitrogens is 2. The van der Waals surface area contributed by atoms with Crippen LogP contribution in [0.15, 0.2) is 66.9 Å². The first-order valence-corrected chi connectivity index (χ1v) is 8.32. The van der Waals surface area contributed by atoms with Crippen molar-refractivity contribution >= 4 is 5.91 Å². The summed E-state index contributed by atoms with van der Waals surface area (Å²) in [5, 5.41) is 7.07. The van der Waals surface area contributed by atoms with Crippen LogP contribution in [0.4, 0.5) is 0 Å². The number of hydrogen-bond donors (Lipinski definition) is 1. The summed E-state index contributed by atoms with van der Waals surface area (Å²) >= 11 is 0. The summed E-state index contributed by atoms with van der Waals surface area (Å²) in [6.45, 7) is 3.72. The molecule has 0 saturated heterocycles. The zero-order valence-electron chi connectivity index (χ0n) is 14.2. The molecule has 0 atom stereocenters. The molecule has 0 aliphatic heterocycles. The maximum Gasteiger partial charge on any atom is 0.272 e. The summed E-state index contributed by atoms with van der Waals surface area (Å²) in [4.78, 5) is 12.1. The Morgan fingerprint density at radius 3 is 2.48 bits per heavy atom. The van der Waals surface area contributed by atoms with E-state index in [0.717, 1.165) is 23.4 Å². The standard InChI is InChI=1S/C20H21N3O2/c1-2-23-13-12-19(22-23)20(24)21-14-16-8-10-18(11-9-16)25-15-17-6-4-3-5-7-17/h3-13H,2,14-15H2,1H3,(H,21,24). The fourth-order valence-corrected chi connectivity index (χ4v) is 2.38. The number of aryl methyl sites for hydroxylation is 1. The highest BCUT2D eigenvalue weighted by molar-refractivity contribution is 5.92. The van der Waals surface area contributed by atoms with Gasteiger partial charge in [0, 0.05) is 19.3 Å². The van der Waals surface area contributed by atoms with Crippen LogP contribution in [0, 0.1) is 0 Å². The summed E-state index contributed by atoms with van der Waals surface area (Å²) in [5.74, 6) is 0.636. The molecule has 1 aromatic heterocycles. The van der Waals surface area contributed by atoms with Crippen molar-refractivity contribution in [3.05, 3.63) is 83.7 Å². The summed E-state index contributed by atoms with van der Waals surface area (Å²) in [6, 6.07) is 19.5. The van der Waals surface area contributed by atoms with Gasteiger partial charge in [-0.3, -0.25) is 9.48 Å². The molecule has 1 heterocycles. The van der Waals surface area contributed by atoms with E-state index in [-0.39, 0.29) is 5.91 Å². The number of rotatable bonds is 7. The van der Waals surface area contributed by atoms with Crippen molar-refractivity contribution in [1.29, 1.82) is 0 Å². The third kappa shape index (κ3) is 4.70. The molecule has 0 aliphatic carbocycles. The molecule has 0 aliphatic rings. The summed E-state index contributed by atoms with van der Waals surface area (Å²) in [7, 11) is 0. The van der Waals surface area contributed by atoms with Crippen LogP contribution in [0.5, 0.6) is 5.75 Å². The Balaban J connectivity index is 1.49. The molecule has 2 aromatic carbocycles. The van der Waals surface area contributed by atoms with Crippen molar-refractivity contribution in [3.8, 4) is 5.75 Å². The molecule has 0 bridgehead atoms. The lowest BCUT2D eigenvalue weighted by Gasteiger charge is -2.08. The number of carbonyl (C=O) groups is 1. The second-order valence-electron chi connectivity index (χ2n) is 5.66. The van der Waals surface area contributed by atoms with Gasteiger partial charge in [0.2, 0.25) is 0 Å². The van der Waals surface area contributed by atoms with Crippen LogP contribution >= 0.6 is 0 Å². The topological polar surface area (TPSA) is 56.2 Å². The van der Waals surface area contributed by atoms with Crippen molar-refractivity contribution in [2.45, 2.75) is 26.6 Å². The molecule has 1 N–H and O–H groups in total. The van der Waals surface area contributed by atoms with Gasteiger partial charge in [0.25, 0.3) is 5.91 Å². The first kappa shape index (κ1) is 16.8. The van der Waals surface area contributed by atoms with Gasteiger partial charge in [-0.05, 0) is 36.2 Å². The first-order valence-electron chi connectivity index (χ1n) is 8.32. The zero-order chi connectivity index (χ0) is 17.5. The molecule has 0 spiro atoms. The van der Waals surface area contributed by atoms with Crippen LogP contribution < -0.4 is 10.1 Å². The number of hydrogen-bond acceptors (Lipinski definition) is 3. The molecule has 0 radical (unpaired) electrons. The summed E-state index contributed by atoms with van der Waals surface area (Å²) < 4.78 is 7.49. The maximum atomic E-state index is 12.1. The van der Waals surface area contributed by atoms with E-state index in [9.17, 15) is 4.79 Å². The van der Waals surface area contributed by atoms with Crippen LogP contribution in [0.2, 0.25) is 0 Å². The lowest BCUT2D eigenvalue weighted by molar-refractivity contribution is 0.0945. The first-order chi connectivity index (χ1) is 12.2. The van der Waals surface area contributed by atoms with Gasteiger partial charge in [0.1, 0.15) is 18.1 Å². The normalized spacial score (nSPS) is 10.4. The largest absolute Gasteiger partial charge is 0.489 e. The van der Waals surface area contributed by atoms with Gasteiger partial charge in [0.05, 0.1) is 0 Å². The van der Waals surface area contributed by atoms with E-state index in [1.165, 1.54) is 0 Å². The van der Waals surface area contributed by atoms with Gasteiger partial charge < -0.3 is 10.1 Å². The van der Waals surface area contributed by atoms with E-state index in [0.29, 0.717) is 18.8 Å². The fraction of sp³-hybridized carbons (Fsp3) is 0.200. The highest BCUT2D eigenvalue weighted by atomic mass is 16.5. The van der Waals surface area contributed by atoms with Gasteiger partial charge in [-0.15, -0.1) is 0 Å².